The zero-order valence-electron chi connectivity index (χ0n) is 10.9. The Balaban J connectivity index is 1.91. The van der Waals surface area contributed by atoms with Gasteiger partial charge in [0.05, 0.1) is 0 Å². The van der Waals surface area contributed by atoms with Gasteiger partial charge in [-0.15, -0.1) is 0 Å². The van der Waals surface area contributed by atoms with Crippen LogP contribution in [0.25, 0.3) is 10.9 Å². The largest absolute Gasteiger partial charge is 0.383 e. The molecular formula is C15H17FN2S. The number of fused-ring (bicyclic) bond motifs is 1. The number of anilines is 1. The summed E-state index contributed by atoms with van der Waals surface area (Å²) in [5.74, 6) is 1.01. The lowest BCUT2D eigenvalue weighted by Gasteiger charge is -2.14. The van der Waals surface area contributed by atoms with E-state index in [4.69, 9.17) is 0 Å². The van der Waals surface area contributed by atoms with Crippen LogP contribution in [-0.2, 0) is 0 Å². The van der Waals surface area contributed by atoms with Gasteiger partial charge in [0.25, 0.3) is 0 Å². The first kappa shape index (κ1) is 12.7. The van der Waals surface area contributed by atoms with Crippen molar-refractivity contribution in [2.45, 2.75) is 25.0 Å². The Bertz CT molecular complexity index is 594. The standard InChI is InChI=1S/C15H17FN2S/c1-10-8-14(17-9-11-4-3-7-19-11)12-5-2-6-13(16)15(12)18-10/h2,5-6,8,11H,3-4,7,9H2,1H3,(H,17,18). The summed E-state index contributed by atoms with van der Waals surface area (Å²) in [6, 6.07) is 7.13. The molecule has 1 atom stereocenters. The minimum absolute atomic E-state index is 0.250. The fourth-order valence-electron chi connectivity index (χ4n) is 2.52. The number of para-hydroxylation sites is 1. The van der Waals surface area contributed by atoms with Gasteiger partial charge in [0.15, 0.2) is 0 Å². The number of nitrogens with one attached hydrogen (secondary N) is 1. The van der Waals surface area contributed by atoms with Crippen molar-refractivity contribution in [3.8, 4) is 0 Å². The fourth-order valence-corrected chi connectivity index (χ4v) is 3.72. The van der Waals surface area contributed by atoms with Gasteiger partial charge in [-0.2, -0.15) is 11.8 Å². The maximum absolute atomic E-state index is 13.8. The molecule has 19 heavy (non-hydrogen) atoms. The average Bonchev–Trinajstić information content (AvgIpc) is 2.90. The summed E-state index contributed by atoms with van der Waals surface area (Å²) in [5.41, 5.74) is 2.30. The number of benzene rings is 1. The number of nitrogens with zero attached hydrogens (tertiary/aromatic N) is 1. The summed E-state index contributed by atoms with van der Waals surface area (Å²) in [6.07, 6.45) is 2.58. The summed E-state index contributed by atoms with van der Waals surface area (Å²) in [6.45, 7) is 2.85. The van der Waals surface area contributed by atoms with Crippen molar-refractivity contribution in [1.82, 2.24) is 4.98 Å². The number of thioether (sulfide) groups is 1. The highest BCUT2D eigenvalue weighted by Crippen LogP contribution is 2.29. The molecule has 4 heteroatoms. The average molecular weight is 276 g/mol. The highest BCUT2D eigenvalue weighted by Gasteiger charge is 2.16. The second kappa shape index (κ2) is 5.37. The molecule has 2 aromatic rings. The third-order valence-electron chi connectivity index (χ3n) is 3.46. The van der Waals surface area contributed by atoms with E-state index in [0.717, 1.165) is 23.3 Å². The molecule has 0 bridgehead atoms. The molecule has 2 heterocycles. The highest BCUT2D eigenvalue weighted by molar-refractivity contribution is 8.00. The van der Waals surface area contributed by atoms with Crippen LogP contribution in [0.1, 0.15) is 18.5 Å². The number of halogens is 1. The van der Waals surface area contributed by atoms with Gasteiger partial charge in [0.1, 0.15) is 11.3 Å². The van der Waals surface area contributed by atoms with Gasteiger partial charge in [-0.3, -0.25) is 0 Å². The van der Waals surface area contributed by atoms with Crippen LogP contribution in [0.5, 0.6) is 0 Å². The first-order valence-corrected chi connectivity index (χ1v) is 7.70. The maximum atomic E-state index is 13.8. The second-order valence-electron chi connectivity index (χ2n) is 4.96. The SMILES string of the molecule is Cc1cc(NCC2CCCS2)c2cccc(F)c2n1. The Hall–Kier alpha value is -1.29. The Kier molecular flexibility index (Phi) is 3.60. The predicted octanol–water partition coefficient (Wildman–Crippen LogP) is 3.99. The molecule has 1 saturated heterocycles. The summed E-state index contributed by atoms with van der Waals surface area (Å²) < 4.78 is 13.8. The van der Waals surface area contributed by atoms with Gasteiger partial charge in [0.2, 0.25) is 0 Å². The number of pyridine rings is 1. The van der Waals surface area contributed by atoms with Crippen LogP contribution in [0.15, 0.2) is 24.3 Å². The summed E-state index contributed by atoms with van der Waals surface area (Å²) in [5, 5.41) is 5.02. The zero-order valence-corrected chi connectivity index (χ0v) is 11.8. The quantitative estimate of drug-likeness (QED) is 0.917. The lowest BCUT2D eigenvalue weighted by molar-refractivity contribution is 0.636. The van der Waals surface area contributed by atoms with Crippen LogP contribution in [0, 0.1) is 12.7 Å². The van der Waals surface area contributed by atoms with Crippen LogP contribution in [0.3, 0.4) is 0 Å². The minimum atomic E-state index is -0.250. The van der Waals surface area contributed by atoms with E-state index in [2.05, 4.69) is 10.3 Å². The second-order valence-corrected chi connectivity index (χ2v) is 6.37. The molecule has 0 aliphatic carbocycles. The molecule has 1 aliphatic heterocycles. The molecule has 2 nitrogen and oxygen atoms in total. The highest BCUT2D eigenvalue weighted by atomic mass is 32.2. The number of hydrogen-bond donors (Lipinski definition) is 1. The van der Waals surface area contributed by atoms with Gasteiger partial charge in [-0.1, -0.05) is 12.1 Å². The normalized spacial score (nSPS) is 18.9. The van der Waals surface area contributed by atoms with Gasteiger partial charge in [-0.05, 0) is 37.7 Å². The Morgan fingerprint density at radius 3 is 3.16 bits per heavy atom. The van der Waals surface area contributed by atoms with Crippen molar-refractivity contribution in [3.63, 3.8) is 0 Å². The Morgan fingerprint density at radius 1 is 1.47 bits per heavy atom. The van der Waals surface area contributed by atoms with E-state index in [1.165, 1.54) is 24.7 Å². The van der Waals surface area contributed by atoms with E-state index in [0.29, 0.717) is 10.8 Å². The molecule has 3 rings (SSSR count). The first-order chi connectivity index (χ1) is 9.24. The monoisotopic (exact) mass is 276 g/mol. The van der Waals surface area contributed by atoms with E-state index >= 15 is 0 Å². The molecule has 1 fully saturated rings. The molecule has 1 unspecified atom stereocenters. The number of rotatable bonds is 3. The van der Waals surface area contributed by atoms with Crippen molar-refractivity contribution in [1.29, 1.82) is 0 Å². The van der Waals surface area contributed by atoms with Crippen molar-refractivity contribution >= 4 is 28.4 Å². The molecule has 0 spiro atoms. The van der Waals surface area contributed by atoms with E-state index in [9.17, 15) is 4.39 Å². The first-order valence-electron chi connectivity index (χ1n) is 6.65. The summed E-state index contributed by atoms with van der Waals surface area (Å²) in [4.78, 5) is 4.30. The predicted molar refractivity (Wildman–Crippen MR) is 80.4 cm³/mol. The zero-order chi connectivity index (χ0) is 13.2. The van der Waals surface area contributed by atoms with E-state index in [1.807, 2.05) is 30.8 Å². The smallest absolute Gasteiger partial charge is 0.149 e. The van der Waals surface area contributed by atoms with E-state index < -0.39 is 0 Å². The van der Waals surface area contributed by atoms with Crippen molar-refractivity contribution in [2.75, 3.05) is 17.6 Å². The van der Waals surface area contributed by atoms with Crippen LogP contribution in [-0.4, -0.2) is 22.5 Å². The van der Waals surface area contributed by atoms with Gasteiger partial charge in [-0.25, -0.2) is 9.37 Å². The minimum Gasteiger partial charge on any atom is -0.383 e. The van der Waals surface area contributed by atoms with Crippen LogP contribution >= 0.6 is 11.8 Å². The van der Waals surface area contributed by atoms with E-state index in [-0.39, 0.29) is 5.82 Å². The maximum Gasteiger partial charge on any atom is 0.149 e. The lowest BCUT2D eigenvalue weighted by atomic mass is 10.1. The summed E-state index contributed by atoms with van der Waals surface area (Å²) in [7, 11) is 0. The number of aromatic nitrogens is 1. The Morgan fingerprint density at radius 2 is 2.37 bits per heavy atom. The Labute approximate surface area is 116 Å². The molecule has 1 aromatic heterocycles. The number of aryl methyl sites for hydroxylation is 1. The third kappa shape index (κ3) is 2.68. The van der Waals surface area contributed by atoms with Crippen LogP contribution in [0.4, 0.5) is 10.1 Å². The third-order valence-corrected chi connectivity index (χ3v) is 4.86. The molecule has 100 valence electrons. The molecule has 1 aromatic carbocycles. The molecular weight excluding hydrogens is 259 g/mol. The van der Waals surface area contributed by atoms with Gasteiger partial charge < -0.3 is 5.32 Å². The molecule has 1 aliphatic rings. The van der Waals surface area contributed by atoms with Crippen molar-refractivity contribution in [2.24, 2.45) is 0 Å². The molecule has 0 saturated carbocycles. The van der Waals surface area contributed by atoms with Crippen LogP contribution in [0.2, 0.25) is 0 Å². The summed E-state index contributed by atoms with van der Waals surface area (Å²) >= 11 is 2.02. The topological polar surface area (TPSA) is 24.9 Å². The number of hydrogen-bond acceptors (Lipinski definition) is 3. The van der Waals surface area contributed by atoms with Crippen LogP contribution < -0.4 is 5.32 Å². The van der Waals surface area contributed by atoms with Crippen molar-refractivity contribution in [3.05, 3.63) is 35.8 Å². The molecule has 0 amide bonds. The molecule has 0 radical (unpaired) electrons. The van der Waals surface area contributed by atoms with Crippen molar-refractivity contribution < 1.29 is 4.39 Å². The molecule has 1 N–H and O–H groups in total. The lowest BCUT2D eigenvalue weighted by Crippen LogP contribution is -2.14. The van der Waals surface area contributed by atoms with Gasteiger partial charge >= 0.3 is 0 Å². The van der Waals surface area contributed by atoms with Gasteiger partial charge in [0, 0.05) is 28.6 Å². The fraction of sp³-hybridized carbons (Fsp3) is 0.400. The van der Waals surface area contributed by atoms with E-state index in [1.54, 1.807) is 6.07 Å².